The molecule has 0 fully saturated rings. The Balaban J connectivity index is 3.03. The van der Waals surface area contributed by atoms with Gasteiger partial charge in [-0.3, -0.25) is 0 Å². The molecule has 0 heterocycles. The number of para-hydroxylation sites is 1. The third-order valence-corrected chi connectivity index (χ3v) is 1.65. The van der Waals surface area contributed by atoms with Gasteiger partial charge in [0.15, 0.2) is 5.69 Å². The van der Waals surface area contributed by atoms with Gasteiger partial charge in [-0.2, -0.15) is 0 Å². The van der Waals surface area contributed by atoms with Crippen LogP contribution in [0.5, 0.6) is 0 Å². The van der Waals surface area contributed by atoms with Crippen LogP contribution in [0.4, 0.5) is 5.69 Å². The molecule has 0 aliphatic carbocycles. The van der Waals surface area contributed by atoms with Gasteiger partial charge in [0.1, 0.15) is 19.1 Å². The Morgan fingerprint density at radius 1 is 1.20 bits per heavy atom. The number of hydrogen-bond donors (Lipinski definition) is 0. The summed E-state index contributed by atoms with van der Waals surface area (Å²) >= 11 is 5.88. The SMILES string of the molecule is C[N+](C)c1ccccc1Cl. The minimum atomic E-state index is 0.799. The number of rotatable bonds is 1. The molecule has 53 valence electrons. The molecular formula is C8H10ClN+. The lowest BCUT2D eigenvalue weighted by Crippen LogP contribution is -2.10. The molecule has 0 aliphatic heterocycles. The molecule has 1 nitrogen and oxygen atoms in total. The summed E-state index contributed by atoms with van der Waals surface area (Å²) in [7, 11) is 3.95. The molecule has 10 heavy (non-hydrogen) atoms. The van der Waals surface area contributed by atoms with Gasteiger partial charge >= 0.3 is 0 Å². The third kappa shape index (κ3) is 1.49. The fraction of sp³-hybridized carbons (Fsp3) is 0.250. The normalized spacial score (nSPS) is 10.4. The first-order valence-corrected chi connectivity index (χ1v) is 3.51. The second-order valence-electron chi connectivity index (χ2n) is 2.35. The largest absolute Gasteiger partial charge is 0.199 e. The van der Waals surface area contributed by atoms with Crippen molar-refractivity contribution < 1.29 is 0 Å². The summed E-state index contributed by atoms with van der Waals surface area (Å²) in [5, 5.41) is 0.799. The Morgan fingerprint density at radius 3 is 2.20 bits per heavy atom. The second kappa shape index (κ2) is 3.04. The summed E-state index contributed by atoms with van der Waals surface area (Å²) in [5.74, 6) is 0. The number of nitrogens with zero attached hydrogens (tertiary/aromatic N) is 1. The summed E-state index contributed by atoms with van der Waals surface area (Å²) in [6, 6.07) is 7.77. The van der Waals surface area contributed by atoms with Crippen molar-refractivity contribution in [3.05, 3.63) is 29.3 Å². The first kappa shape index (κ1) is 7.58. The number of hydrogen-bond acceptors (Lipinski definition) is 1. The lowest BCUT2D eigenvalue weighted by Gasteiger charge is -1.99. The van der Waals surface area contributed by atoms with Crippen molar-refractivity contribution in [2.75, 3.05) is 14.1 Å². The van der Waals surface area contributed by atoms with Crippen LogP contribution in [-0.2, 0) is 0 Å². The van der Waals surface area contributed by atoms with Crippen LogP contribution in [0.3, 0.4) is 0 Å². The van der Waals surface area contributed by atoms with E-state index in [-0.39, 0.29) is 0 Å². The van der Waals surface area contributed by atoms with E-state index >= 15 is 0 Å². The van der Waals surface area contributed by atoms with Crippen LogP contribution in [0.2, 0.25) is 5.02 Å². The summed E-state index contributed by atoms with van der Waals surface area (Å²) < 4.78 is 0. The fourth-order valence-electron chi connectivity index (χ4n) is 0.814. The first-order chi connectivity index (χ1) is 4.72. The van der Waals surface area contributed by atoms with Crippen molar-refractivity contribution in [1.29, 1.82) is 0 Å². The molecule has 1 aromatic rings. The fourth-order valence-corrected chi connectivity index (χ4v) is 1.12. The topological polar surface area (TPSA) is 5.90 Å². The molecule has 0 saturated carbocycles. The molecule has 0 saturated heterocycles. The zero-order valence-corrected chi connectivity index (χ0v) is 6.89. The van der Waals surface area contributed by atoms with Crippen LogP contribution < -0.4 is 4.90 Å². The van der Waals surface area contributed by atoms with Crippen LogP contribution in [-0.4, -0.2) is 14.1 Å². The predicted molar refractivity (Wildman–Crippen MR) is 45.1 cm³/mol. The minimum absolute atomic E-state index is 0.799. The maximum atomic E-state index is 5.88. The van der Waals surface area contributed by atoms with Crippen LogP contribution >= 0.6 is 11.6 Å². The summed E-state index contributed by atoms with van der Waals surface area (Å²) in [6.07, 6.45) is 0. The minimum Gasteiger partial charge on any atom is -0.138 e. The van der Waals surface area contributed by atoms with Crippen molar-refractivity contribution in [2.24, 2.45) is 0 Å². The third-order valence-electron chi connectivity index (χ3n) is 1.33. The molecule has 0 N–H and O–H groups in total. The van der Waals surface area contributed by atoms with Crippen LogP contribution in [0.15, 0.2) is 24.3 Å². The Hall–Kier alpha value is -0.530. The molecule has 0 spiro atoms. The van der Waals surface area contributed by atoms with E-state index in [4.69, 9.17) is 11.6 Å². The number of benzene rings is 1. The van der Waals surface area contributed by atoms with E-state index in [2.05, 4.69) is 0 Å². The van der Waals surface area contributed by atoms with Gasteiger partial charge in [0.25, 0.3) is 0 Å². The molecular weight excluding hydrogens is 146 g/mol. The molecule has 0 atom stereocenters. The van der Waals surface area contributed by atoms with E-state index < -0.39 is 0 Å². The summed E-state index contributed by atoms with van der Waals surface area (Å²) in [6.45, 7) is 0. The van der Waals surface area contributed by atoms with Gasteiger partial charge in [-0.15, -0.1) is 4.90 Å². The molecule has 1 aromatic carbocycles. The van der Waals surface area contributed by atoms with Gasteiger partial charge in [0.2, 0.25) is 0 Å². The average Bonchev–Trinajstić information content (AvgIpc) is 1.88. The Morgan fingerprint density at radius 2 is 1.80 bits per heavy atom. The Labute approximate surface area is 66.2 Å². The molecule has 0 aliphatic rings. The Kier molecular flexibility index (Phi) is 2.30. The van der Waals surface area contributed by atoms with E-state index in [1.54, 1.807) is 0 Å². The molecule has 1 rings (SSSR count). The van der Waals surface area contributed by atoms with Gasteiger partial charge < -0.3 is 0 Å². The highest BCUT2D eigenvalue weighted by molar-refractivity contribution is 6.32. The number of anilines is 1. The van der Waals surface area contributed by atoms with Gasteiger partial charge in [0, 0.05) is 6.07 Å². The van der Waals surface area contributed by atoms with Crippen LogP contribution in [0.25, 0.3) is 0 Å². The van der Waals surface area contributed by atoms with E-state index in [1.807, 2.05) is 43.3 Å². The van der Waals surface area contributed by atoms with Crippen molar-refractivity contribution in [1.82, 2.24) is 4.90 Å². The molecule has 0 aromatic heterocycles. The molecule has 1 radical (unpaired) electrons. The zero-order chi connectivity index (χ0) is 7.56. The quantitative estimate of drug-likeness (QED) is 0.550. The highest BCUT2D eigenvalue weighted by atomic mass is 35.5. The van der Waals surface area contributed by atoms with E-state index in [1.165, 1.54) is 0 Å². The smallest absolute Gasteiger partial charge is 0.138 e. The standard InChI is InChI=1S/C8H10ClN/c1-10(2)8-6-4-3-5-7(8)9/h3-6H,1-2H3/q+1. The number of halogens is 1. The van der Waals surface area contributed by atoms with Gasteiger partial charge in [0.05, 0.1) is 0 Å². The highest BCUT2D eigenvalue weighted by Gasteiger charge is 2.08. The lowest BCUT2D eigenvalue weighted by molar-refractivity contribution is 0.763. The maximum Gasteiger partial charge on any atom is 0.199 e. The molecule has 0 unspecified atom stereocenters. The predicted octanol–water partition coefficient (Wildman–Crippen LogP) is 2.37. The van der Waals surface area contributed by atoms with Crippen molar-refractivity contribution in [3.63, 3.8) is 0 Å². The molecule has 0 amide bonds. The van der Waals surface area contributed by atoms with Gasteiger partial charge in [-0.1, -0.05) is 23.7 Å². The second-order valence-corrected chi connectivity index (χ2v) is 2.75. The van der Waals surface area contributed by atoms with E-state index in [0.717, 1.165) is 10.7 Å². The monoisotopic (exact) mass is 155 g/mol. The van der Waals surface area contributed by atoms with Crippen molar-refractivity contribution >= 4 is 17.3 Å². The van der Waals surface area contributed by atoms with Gasteiger partial charge in [-0.25, -0.2) is 0 Å². The molecule has 0 bridgehead atoms. The summed E-state index contributed by atoms with van der Waals surface area (Å²) in [5.41, 5.74) is 1.06. The Bertz CT molecular complexity index is 220. The van der Waals surface area contributed by atoms with E-state index in [9.17, 15) is 0 Å². The van der Waals surface area contributed by atoms with Gasteiger partial charge in [-0.05, 0) is 6.07 Å². The highest BCUT2D eigenvalue weighted by Crippen LogP contribution is 2.21. The first-order valence-electron chi connectivity index (χ1n) is 3.13. The summed E-state index contributed by atoms with van der Waals surface area (Å²) in [4.78, 5) is 1.99. The van der Waals surface area contributed by atoms with Crippen LogP contribution in [0.1, 0.15) is 0 Å². The van der Waals surface area contributed by atoms with Crippen molar-refractivity contribution in [3.8, 4) is 0 Å². The zero-order valence-electron chi connectivity index (χ0n) is 6.13. The van der Waals surface area contributed by atoms with Crippen molar-refractivity contribution in [2.45, 2.75) is 0 Å². The maximum absolute atomic E-state index is 5.88. The average molecular weight is 156 g/mol. The van der Waals surface area contributed by atoms with Crippen LogP contribution in [0, 0.1) is 0 Å². The lowest BCUT2D eigenvalue weighted by atomic mass is 10.3. The van der Waals surface area contributed by atoms with E-state index in [0.29, 0.717) is 0 Å². The molecule has 2 heteroatoms.